The zero-order valence-electron chi connectivity index (χ0n) is 18.7. The predicted molar refractivity (Wildman–Crippen MR) is 133 cm³/mol. The molecule has 0 radical (unpaired) electrons. The summed E-state index contributed by atoms with van der Waals surface area (Å²) in [6.45, 7) is 2.23. The Bertz CT molecular complexity index is 1000. The number of β-amino-alcohol motifs (C(OH)–C–C–N with tert-alkyl or cyclic N) is 1. The number of nitrogens with zero attached hydrogens (tertiary/aromatic N) is 1. The van der Waals surface area contributed by atoms with Gasteiger partial charge in [0.25, 0.3) is 0 Å². The van der Waals surface area contributed by atoms with Gasteiger partial charge in [-0.05, 0) is 54.6 Å². The molecule has 1 aliphatic rings. The summed E-state index contributed by atoms with van der Waals surface area (Å²) in [5.74, 6) is 0. The molecule has 172 valence electrons. The molecule has 0 aliphatic carbocycles. The number of hydrogen-bond donors (Lipinski definition) is 2. The van der Waals surface area contributed by atoms with Crippen LogP contribution in [-0.4, -0.2) is 42.0 Å². The lowest BCUT2D eigenvalue weighted by Crippen LogP contribution is -2.48. The summed E-state index contributed by atoms with van der Waals surface area (Å²) in [6.07, 6.45) is 3.14. The van der Waals surface area contributed by atoms with E-state index in [2.05, 4.69) is 29.2 Å². The average Bonchev–Trinajstić information content (AvgIpc) is 3.25. The van der Waals surface area contributed by atoms with Crippen molar-refractivity contribution in [3.8, 4) is 0 Å². The molecule has 1 saturated heterocycles. The van der Waals surface area contributed by atoms with Gasteiger partial charge in [0, 0.05) is 23.5 Å². The minimum absolute atomic E-state index is 0.581. The largest absolute Gasteiger partial charge is 0.384 e. The molecular formula is C28H31ClN2O2. The van der Waals surface area contributed by atoms with Crippen LogP contribution in [0.2, 0.25) is 5.02 Å². The van der Waals surface area contributed by atoms with Gasteiger partial charge in [-0.3, -0.25) is 0 Å². The maximum atomic E-state index is 12.0. The van der Waals surface area contributed by atoms with Crippen LogP contribution in [0, 0.1) is 0 Å². The van der Waals surface area contributed by atoms with Gasteiger partial charge in [0.05, 0.1) is 6.04 Å². The van der Waals surface area contributed by atoms with Gasteiger partial charge in [-0.2, -0.15) is 0 Å². The first-order valence-electron chi connectivity index (χ1n) is 11.5. The highest BCUT2D eigenvalue weighted by molar-refractivity contribution is 6.30. The third kappa shape index (κ3) is 4.90. The molecule has 2 atom stereocenters. The Labute approximate surface area is 201 Å². The Kier molecular flexibility index (Phi) is 7.30. The number of rotatable bonds is 9. The number of benzene rings is 3. The van der Waals surface area contributed by atoms with E-state index in [9.17, 15) is 9.90 Å². The average molecular weight is 463 g/mol. The lowest BCUT2D eigenvalue weighted by molar-refractivity contribution is -0.110. The lowest BCUT2D eigenvalue weighted by atomic mass is 9.67. The number of aliphatic hydroxyl groups is 1. The molecule has 3 N–H and O–H groups in total. The van der Waals surface area contributed by atoms with Crippen molar-refractivity contribution in [3.63, 3.8) is 0 Å². The summed E-state index contributed by atoms with van der Waals surface area (Å²) >= 11 is 6.02. The van der Waals surface area contributed by atoms with Crippen molar-refractivity contribution in [1.29, 1.82) is 0 Å². The van der Waals surface area contributed by atoms with E-state index >= 15 is 0 Å². The normalized spacial score (nSPS) is 20.0. The van der Waals surface area contributed by atoms with Gasteiger partial charge >= 0.3 is 0 Å². The molecule has 0 aromatic heterocycles. The van der Waals surface area contributed by atoms with Crippen molar-refractivity contribution in [1.82, 2.24) is 4.90 Å². The quantitative estimate of drug-likeness (QED) is 0.458. The number of carbonyl (C=O) groups excluding carboxylic acids is 1. The Morgan fingerprint density at radius 2 is 1.58 bits per heavy atom. The molecule has 3 aromatic rings. The fraction of sp³-hybridized carbons (Fsp3) is 0.321. The van der Waals surface area contributed by atoms with Crippen molar-refractivity contribution in [2.45, 2.75) is 36.3 Å². The summed E-state index contributed by atoms with van der Waals surface area (Å²) in [5.41, 5.74) is 8.05. The summed E-state index contributed by atoms with van der Waals surface area (Å²) < 4.78 is 0. The third-order valence-corrected chi connectivity index (χ3v) is 7.30. The lowest BCUT2D eigenvalue weighted by Gasteiger charge is -2.38. The highest BCUT2D eigenvalue weighted by Crippen LogP contribution is 2.39. The number of hydrogen-bond acceptors (Lipinski definition) is 4. The molecule has 1 heterocycles. The van der Waals surface area contributed by atoms with Crippen molar-refractivity contribution >= 4 is 17.9 Å². The van der Waals surface area contributed by atoms with Crippen molar-refractivity contribution < 1.29 is 9.90 Å². The van der Waals surface area contributed by atoms with Gasteiger partial charge in [-0.1, -0.05) is 84.4 Å². The Balaban J connectivity index is 1.52. The van der Waals surface area contributed by atoms with Gasteiger partial charge in [0.15, 0.2) is 0 Å². The summed E-state index contributed by atoms with van der Waals surface area (Å²) in [4.78, 5) is 14.3. The second-order valence-electron chi connectivity index (χ2n) is 9.03. The first kappa shape index (κ1) is 23.7. The van der Waals surface area contributed by atoms with Crippen LogP contribution < -0.4 is 5.73 Å². The molecule has 5 heteroatoms. The van der Waals surface area contributed by atoms with Crippen LogP contribution in [-0.2, 0) is 15.8 Å². The zero-order chi connectivity index (χ0) is 23.3. The smallest absolute Gasteiger partial charge is 0.137 e. The van der Waals surface area contributed by atoms with Crippen LogP contribution in [0.15, 0.2) is 84.9 Å². The molecule has 1 aliphatic heterocycles. The molecule has 3 aromatic carbocycles. The summed E-state index contributed by atoms with van der Waals surface area (Å²) in [6, 6.07) is 27.0. The fourth-order valence-electron chi connectivity index (χ4n) is 5.23. The first-order chi connectivity index (χ1) is 16.0. The fourth-order valence-corrected chi connectivity index (χ4v) is 5.36. The van der Waals surface area contributed by atoms with Gasteiger partial charge in [0.2, 0.25) is 0 Å². The number of nitrogens with two attached hydrogens (primary N) is 1. The predicted octanol–water partition coefficient (Wildman–Crippen LogP) is 4.53. The van der Waals surface area contributed by atoms with Crippen molar-refractivity contribution in [3.05, 3.63) is 107 Å². The van der Waals surface area contributed by atoms with E-state index in [0.29, 0.717) is 18.0 Å². The van der Waals surface area contributed by atoms with E-state index in [1.165, 1.54) is 0 Å². The minimum atomic E-state index is -0.861. The zero-order valence-corrected chi connectivity index (χ0v) is 19.5. The molecular weight excluding hydrogens is 432 g/mol. The van der Waals surface area contributed by atoms with Gasteiger partial charge < -0.3 is 20.5 Å². The van der Waals surface area contributed by atoms with Crippen LogP contribution >= 0.6 is 11.6 Å². The Morgan fingerprint density at radius 1 is 1.00 bits per heavy atom. The third-order valence-electron chi connectivity index (χ3n) is 7.05. The molecule has 4 nitrogen and oxygen atoms in total. The molecule has 0 bridgehead atoms. The minimum Gasteiger partial charge on any atom is -0.384 e. The van der Waals surface area contributed by atoms with Gasteiger partial charge in [-0.15, -0.1) is 0 Å². The topological polar surface area (TPSA) is 66.6 Å². The van der Waals surface area contributed by atoms with Crippen molar-refractivity contribution in [2.75, 3.05) is 19.6 Å². The first-order valence-corrected chi connectivity index (χ1v) is 11.9. The number of halogens is 1. The van der Waals surface area contributed by atoms with E-state index in [4.69, 9.17) is 17.3 Å². The van der Waals surface area contributed by atoms with E-state index in [1.807, 2.05) is 60.7 Å². The van der Waals surface area contributed by atoms with Gasteiger partial charge in [-0.25, -0.2) is 0 Å². The molecule has 1 fully saturated rings. The van der Waals surface area contributed by atoms with E-state index < -0.39 is 17.1 Å². The van der Waals surface area contributed by atoms with Gasteiger partial charge in [0.1, 0.15) is 11.9 Å². The SMILES string of the molecule is NC(C=O)C(CCCN1CCC(O)(c2ccc(Cl)cc2)C1)(c1ccccc1)c1ccccc1. The number of likely N-dealkylation sites (tertiary alicyclic amines) is 1. The maximum absolute atomic E-state index is 12.0. The van der Waals surface area contributed by atoms with Crippen molar-refractivity contribution in [2.24, 2.45) is 5.73 Å². The monoisotopic (exact) mass is 462 g/mol. The van der Waals surface area contributed by atoms with Crippen LogP contribution in [0.5, 0.6) is 0 Å². The Morgan fingerprint density at radius 3 is 2.12 bits per heavy atom. The maximum Gasteiger partial charge on any atom is 0.137 e. The molecule has 0 amide bonds. The second-order valence-corrected chi connectivity index (χ2v) is 9.47. The molecule has 33 heavy (non-hydrogen) atoms. The molecule has 2 unspecified atom stereocenters. The van der Waals surface area contributed by atoms with E-state index in [-0.39, 0.29) is 0 Å². The van der Waals surface area contributed by atoms with E-state index in [0.717, 1.165) is 48.9 Å². The highest BCUT2D eigenvalue weighted by atomic mass is 35.5. The van der Waals surface area contributed by atoms with Crippen LogP contribution in [0.1, 0.15) is 36.0 Å². The molecule has 4 rings (SSSR count). The van der Waals surface area contributed by atoms with Crippen LogP contribution in [0.4, 0.5) is 0 Å². The summed E-state index contributed by atoms with van der Waals surface area (Å²) in [7, 11) is 0. The standard InChI is InChI=1S/C28H31ClN2O2/c29-25-14-12-22(13-15-25)27(33)17-19-31(21-27)18-7-16-28(26(30)20-32,23-8-3-1-4-9-23)24-10-5-2-6-11-24/h1-6,8-15,20,26,33H,7,16-19,21,30H2. The van der Waals surface area contributed by atoms with Crippen LogP contribution in [0.25, 0.3) is 0 Å². The second kappa shape index (κ2) is 10.2. The molecule has 0 spiro atoms. The van der Waals surface area contributed by atoms with Crippen LogP contribution in [0.3, 0.4) is 0 Å². The number of carbonyl (C=O) groups is 1. The molecule has 0 saturated carbocycles. The Hall–Kier alpha value is -2.50. The number of aldehydes is 1. The highest BCUT2D eigenvalue weighted by Gasteiger charge is 2.41. The van der Waals surface area contributed by atoms with E-state index in [1.54, 1.807) is 0 Å². The summed E-state index contributed by atoms with van der Waals surface area (Å²) in [5, 5.41) is 11.9.